The monoisotopic (exact) mass is 345 g/mol. The number of aromatic nitrogens is 3. The average molecular weight is 345 g/mol. The van der Waals surface area contributed by atoms with Gasteiger partial charge in [-0.25, -0.2) is 9.48 Å². The summed E-state index contributed by atoms with van der Waals surface area (Å²) in [5.41, 5.74) is 0.0222. The zero-order valence-corrected chi connectivity index (χ0v) is 14.6. The van der Waals surface area contributed by atoms with Gasteiger partial charge in [-0.05, 0) is 26.1 Å². The first-order valence-corrected chi connectivity index (χ1v) is 8.20. The normalized spacial score (nSPS) is 23.9. The van der Waals surface area contributed by atoms with Crippen molar-refractivity contribution in [2.24, 2.45) is 7.05 Å². The zero-order chi connectivity index (χ0) is 18.2. The fourth-order valence-electron chi connectivity index (χ4n) is 3.60. The van der Waals surface area contributed by atoms with E-state index in [1.165, 1.54) is 11.9 Å². The van der Waals surface area contributed by atoms with Crippen molar-refractivity contribution >= 4 is 5.91 Å². The van der Waals surface area contributed by atoms with E-state index in [-0.39, 0.29) is 18.3 Å². The fraction of sp³-hybridized carbons (Fsp3) is 0.471. The van der Waals surface area contributed by atoms with Gasteiger partial charge >= 0.3 is 5.69 Å². The van der Waals surface area contributed by atoms with Gasteiger partial charge in [-0.2, -0.15) is 0 Å². The van der Waals surface area contributed by atoms with E-state index in [1.807, 2.05) is 49.3 Å². The molecule has 0 saturated carbocycles. The molecular weight excluding hydrogens is 322 g/mol. The third kappa shape index (κ3) is 2.87. The molecule has 25 heavy (non-hydrogen) atoms. The fourth-order valence-corrected chi connectivity index (χ4v) is 3.60. The molecule has 1 aromatic carbocycles. The van der Waals surface area contributed by atoms with Gasteiger partial charge in [0.2, 0.25) is 5.82 Å². The molecule has 2 aromatic rings. The van der Waals surface area contributed by atoms with Gasteiger partial charge < -0.3 is 10.0 Å². The largest absolute Gasteiger partial charge is 0.389 e. The highest BCUT2D eigenvalue weighted by atomic mass is 16.3. The predicted octanol–water partition coefficient (Wildman–Crippen LogP) is -0.228. The molecule has 8 heteroatoms. The van der Waals surface area contributed by atoms with Crippen LogP contribution in [0.15, 0.2) is 35.1 Å². The van der Waals surface area contributed by atoms with E-state index in [0.29, 0.717) is 13.0 Å². The molecule has 0 unspecified atom stereocenters. The Hall–Kier alpha value is -2.45. The van der Waals surface area contributed by atoms with Crippen LogP contribution in [0.4, 0.5) is 0 Å². The topological polar surface area (TPSA) is 94.5 Å². The summed E-state index contributed by atoms with van der Waals surface area (Å²) in [4.78, 5) is 30.1. The van der Waals surface area contributed by atoms with Gasteiger partial charge in [0.1, 0.15) is 0 Å². The Morgan fingerprint density at radius 1 is 1.36 bits per heavy atom. The number of carbonyl (C=O) groups is 1. The van der Waals surface area contributed by atoms with E-state index in [4.69, 9.17) is 0 Å². The van der Waals surface area contributed by atoms with Crippen LogP contribution in [0, 0.1) is 0 Å². The number of hydrogen-bond donors (Lipinski definition) is 2. The van der Waals surface area contributed by atoms with Gasteiger partial charge in [-0.3, -0.25) is 14.7 Å². The van der Waals surface area contributed by atoms with Crippen LogP contribution in [0.3, 0.4) is 0 Å². The number of rotatable bonds is 3. The molecule has 8 nitrogen and oxygen atoms in total. The van der Waals surface area contributed by atoms with E-state index in [9.17, 15) is 14.7 Å². The molecule has 0 bridgehead atoms. The Morgan fingerprint density at radius 2 is 2.04 bits per heavy atom. The number of hydrogen-bond acceptors (Lipinski definition) is 5. The van der Waals surface area contributed by atoms with Crippen LogP contribution in [0.25, 0.3) is 0 Å². The van der Waals surface area contributed by atoms with Gasteiger partial charge in [0, 0.05) is 20.1 Å². The molecule has 1 aliphatic rings. The van der Waals surface area contributed by atoms with E-state index >= 15 is 0 Å². The maximum Gasteiger partial charge on any atom is 0.343 e. The second kappa shape index (κ2) is 6.45. The number of β-amino-alcohol motifs (C(OH)–C–C–N with tert-alkyl or cyclic N) is 1. The number of H-pyrrole nitrogens is 1. The van der Waals surface area contributed by atoms with Crippen molar-refractivity contribution in [1.29, 1.82) is 0 Å². The van der Waals surface area contributed by atoms with E-state index in [2.05, 4.69) is 10.1 Å². The first-order valence-electron chi connectivity index (χ1n) is 8.20. The van der Waals surface area contributed by atoms with Crippen molar-refractivity contribution < 1.29 is 9.90 Å². The molecule has 0 radical (unpaired) electrons. The van der Waals surface area contributed by atoms with Crippen molar-refractivity contribution in [3.63, 3.8) is 0 Å². The van der Waals surface area contributed by atoms with Crippen LogP contribution in [-0.4, -0.2) is 68.9 Å². The van der Waals surface area contributed by atoms with Crippen LogP contribution < -0.4 is 5.69 Å². The molecule has 0 spiro atoms. The summed E-state index contributed by atoms with van der Waals surface area (Å²) in [6.45, 7) is 0.631. The molecular formula is C17H23N5O3. The zero-order valence-electron chi connectivity index (χ0n) is 14.6. The second-order valence-electron chi connectivity index (χ2n) is 6.60. The minimum atomic E-state index is -0.766. The van der Waals surface area contributed by atoms with Gasteiger partial charge in [0.25, 0.3) is 5.91 Å². The summed E-state index contributed by atoms with van der Waals surface area (Å²) in [6.07, 6.45) is -0.188. The van der Waals surface area contributed by atoms with Crippen LogP contribution >= 0.6 is 0 Å². The Balaban J connectivity index is 1.86. The summed E-state index contributed by atoms with van der Waals surface area (Å²) in [6, 6.07) is 9.83. The number of aliphatic hydroxyl groups excluding tert-OH is 1. The molecule has 1 saturated heterocycles. The maximum absolute atomic E-state index is 12.6. The van der Waals surface area contributed by atoms with Crippen molar-refractivity contribution in [3.8, 4) is 0 Å². The third-order valence-corrected chi connectivity index (χ3v) is 5.04. The Labute approximate surface area is 145 Å². The van der Waals surface area contributed by atoms with E-state index in [1.54, 1.807) is 0 Å². The Morgan fingerprint density at radius 3 is 2.56 bits per heavy atom. The number of amides is 1. The molecule has 1 aliphatic heterocycles. The highest BCUT2D eigenvalue weighted by Crippen LogP contribution is 2.37. The minimum absolute atomic E-state index is 0.00300. The molecule has 1 fully saturated rings. The lowest BCUT2D eigenvalue weighted by molar-refractivity contribution is -0.0614. The average Bonchev–Trinajstić information content (AvgIpc) is 2.94. The number of nitrogens with one attached hydrogen (secondary N) is 1. The lowest BCUT2D eigenvalue weighted by Crippen LogP contribution is -2.61. The van der Waals surface area contributed by atoms with Crippen LogP contribution in [-0.2, 0) is 12.6 Å². The number of aliphatic hydroxyl groups is 1. The number of benzene rings is 1. The minimum Gasteiger partial charge on any atom is -0.389 e. The lowest BCUT2D eigenvalue weighted by atomic mass is 9.77. The van der Waals surface area contributed by atoms with E-state index in [0.717, 1.165) is 10.2 Å². The maximum atomic E-state index is 12.6. The first kappa shape index (κ1) is 17.4. The molecule has 2 N–H and O–H groups in total. The Bertz CT molecular complexity index is 813. The molecule has 1 aromatic heterocycles. The summed E-state index contributed by atoms with van der Waals surface area (Å²) < 4.78 is 1.09. The molecule has 2 heterocycles. The van der Waals surface area contributed by atoms with Gasteiger partial charge in [0.15, 0.2) is 0 Å². The number of likely N-dealkylation sites (N-methyl/N-ethyl adjacent to an activating group) is 1. The number of aromatic amines is 1. The molecule has 0 aliphatic carbocycles. The van der Waals surface area contributed by atoms with Crippen molar-refractivity contribution in [2.45, 2.75) is 18.1 Å². The number of nitrogens with zero attached hydrogens (tertiary/aromatic N) is 4. The first-order chi connectivity index (χ1) is 11.9. The number of aryl methyl sites for hydroxylation is 1. The predicted molar refractivity (Wildman–Crippen MR) is 92.2 cm³/mol. The second-order valence-corrected chi connectivity index (χ2v) is 6.60. The molecule has 3 rings (SSSR count). The number of carbonyl (C=O) groups excluding carboxylic acids is 1. The van der Waals surface area contributed by atoms with Crippen molar-refractivity contribution in [3.05, 3.63) is 52.2 Å². The van der Waals surface area contributed by atoms with Crippen LogP contribution in [0.1, 0.15) is 22.6 Å². The number of likely N-dealkylation sites (tertiary alicyclic amines) is 1. The standard InChI is InChI=1S/C17H23N5O3/c1-20(2)17(12-7-5-4-6-8-12)9-10-22(11-13(17)23)15(24)14-18-16(25)21(3)19-14/h4-8,13,23H,9-11H2,1-3H3,(H,18,19,25)/t13-,17+/m1/s1. The Kier molecular flexibility index (Phi) is 4.49. The summed E-state index contributed by atoms with van der Waals surface area (Å²) >= 11 is 0. The molecule has 1 amide bonds. The summed E-state index contributed by atoms with van der Waals surface area (Å²) in [5.74, 6) is -0.381. The van der Waals surface area contributed by atoms with Crippen LogP contribution in [0.5, 0.6) is 0 Å². The van der Waals surface area contributed by atoms with E-state index < -0.39 is 17.3 Å². The van der Waals surface area contributed by atoms with Gasteiger partial charge in [-0.15, -0.1) is 5.10 Å². The third-order valence-electron chi connectivity index (χ3n) is 5.04. The van der Waals surface area contributed by atoms with Gasteiger partial charge in [-0.1, -0.05) is 30.3 Å². The highest BCUT2D eigenvalue weighted by Gasteiger charge is 2.46. The lowest BCUT2D eigenvalue weighted by Gasteiger charge is -2.49. The van der Waals surface area contributed by atoms with Crippen LogP contribution in [0.2, 0.25) is 0 Å². The molecule has 2 atom stereocenters. The van der Waals surface area contributed by atoms with Gasteiger partial charge in [0.05, 0.1) is 11.6 Å². The smallest absolute Gasteiger partial charge is 0.343 e. The van der Waals surface area contributed by atoms with Crippen molar-refractivity contribution in [2.75, 3.05) is 27.2 Å². The SMILES string of the molecule is CN(C)[C@]1(c2ccccc2)CCN(C(=O)c2nn(C)c(=O)[nH]2)C[C@H]1O. The number of piperidine rings is 1. The van der Waals surface area contributed by atoms with Crippen molar-refractivity contribution in [1.82, 2.24) is 24.6 Å². The summed E-state index contributed by atoms with van der Waals surface area (Å²) in [7, 11) is 5.35. The molecule has 134 valence electrons. The summed E-state index contributed by atoms with van der Waals surface area (Å²) in [5, 5.41) is 14.8. The quantitative estimate of drug-likeness (QED) is 0.802. The highest BCUT2D eigenvalue weighted by molar-refractivity contribution is 5.90.